The highest BCUT2D eigenvalue weighted by atomic mass is 79.9. The molecule has 1 saturated heterocycles. The van der Waals surface area contributed by atoms with Crippen molar-refractivity contribution < 1.29 is 14.3 Å². The van der Waals surface area contributed by atoms with Gasteiger partial charge < -0.3 is 10.1 Å². The Morgan fingerprint density at radius 1 is 1.09 bits per heavy atom. The summed E-state index contributed by atoms with van der Waals surface area (Å²) in [6.07, 6.45) is 1.81. The number of hydrogen-bond acceptors (Lipinski definition) is 5. The summed E-state index contributed by atoms with van der Waals surface area (Å²) in [5, 5.41) is 2.78. The third kappa shape index (κ3) is 5.75. The van der Waals surface area contributed by atoms with Crippen molar-refractivity contribution in [3.05, 3.63) is 92.8 Å². The van der Waals surface area contributed by atoms with Gasteiger partial charge in [-0.15, -0.1) is 0 Å². The number of anilines is 2. The number of hydrogen-bond donors (Lipinski definition) is 1. The van der Waals surface area contributed by atoms with Crippen molar-refractivity contribution in [2.24, 2.45) is 0 Å². The molecule has 0 aliphatic carbocycles. The molecule has 0 aromatic heterocycles. The smallest absolute Gasteiger partial charge is 0.270 e. The van der Waals surface area contributed by atoms with Gasteiger partial charge in [0.15, 0.2) is 10.9 Å². The minimum absolute atomic E-state index is 0.107. The minimum atomic E-state index is -0.249. The summed E-state index contributed by atoms with van der Waals surface area (Å²) in [7, 11) is 0. The van der Waals surface area contributed by atoms with Crippen LogP contribution in [0.3, 0.4) is 0 Å². The van der Waals surface area contributed by atoms with Gasteiger partial charge in [-0.1, -0.05) is 69.7 Å². The number of halogens is 1. The van der Waals surface area contributed by atoms with Crippen molar-refractivity contribution >= 4 is 73.5 Å². The van der Waals surface area contributed by atoms with E-state index in [1.54, 1.807) is 29.2 Å². The number of amides is 2. The van der Waals surface area contributed by atoms with Crippen molar-refractivity contribution in [3.8, 4) is 5.75 Å². The van der Waals surface area contributed by atoms with Crippen LogP contribution in [0.2, 0.25) is 0 Å². The topological polar surface area (TPSA) is 58.6 Å². The van der Waals surface area contributed by atoms with E-state index in [0.29, 0.717) is 20.7 Å². The van der Waals surface area contributed by atoms with Gasteiger partial charge in [0.2, 0.25) is 0 Å². The Hall–Kier alpha value is -2.94. The van der Waals surface area contributed by atoms with E-state index < -0.39 is 0 Å². The molecule has 2 amide bonds. The Morgan fingerprint density at radius 3 is 2.47 bits per heavy atom. The number of thioether (sulfide) groups is 1. The van der Waals surface area contributed by atoms with E-state index in [1.807, 2.05) is 62.4 Å². The molecule has 3 aromatic carbocycles. The number of nitrogens with one attached hydrogen (secondary N) is 1. The summed E-state index contributed by atoms with van der Waals surface area (Å²) < 4.78 is 7.03. The van der Waals surface area contributed by atoms with E-state index in [1.165, 1.54) is 11.8 Å². The molecule has 1 heterocycles. The normalized spacial score (nSPS) is 14.6. The molecule has 1 fully saturated rings. The molecule has 8 heteroatoms. The molecule has 1 aliphatic rings. The summed E-state index contributed by atoms with van der Waals surface area (Å²) in [5.41, 5.74) is 4.48. The Morgan fingerprint density at radius 2 is 1.79 bits per heavy atom. The van der Waals surface area contributed by atoms with Crippen LogP contribution in [-0.2, 0) is 9.59 Å². The lowest BCUT2D eigenvalue weighted by Gasteiger charge is -2.17. The lowest BCUT2D eigenvalue weighted by Crippen LogP contribution is -2.28. The summed E-state index contributed by atoms with van der Waals surface area (Å²) >= 11 is 10.1. The molecule has 34 heavy (non-hydrogen) atoms. The quantitative estimate of drug-likeness (QED) is 0.280. The maximum absolute atomic E-state index is 13.0. The maximum Gasteiger partial charge on any atom is 0.270 e. The molecule has 0 saturated carbocycles. The van der Waals surface area contributed by atoms with Gasteiger partial charge in [0.1, 0.15) is 5.75 Å². The standard InChI is InChI=1S/C26H21BrN2O3S2/c1-16-3-12-22(17(2)13-16)29-25(31)23(34-26(29)33)14-18-4-10-21(11-5-18)32-15-24(30)28-20-8-6-19(27)7-9-20/h3-14H,15H2,1-2H3,(H,28,30)/b23-14-. The molecular formula is C26H21BrN2O3S2. The van der Waals surface area contributed by atoms with E-state index in [4.69, 9.17) is 17.0 Å². The second-order valence-corrected chi connectivity index (χ2v) is 10.3. The number of carbonyl (C=O) groups excluding carboxylic acids is 2. The SMILES string of the molecule is Cc1ccc(N2C(=O)/C(=C/c3ccc(OCC(=O)Nc4ccc(Br)cc4)cc3)SC2=S)c(C)c1. The lowest BCUT2D eigenvalue weighted by molar-refractivity contribution is -0.118. The molecule has 0 atom stereocenters. The molecule has 3 aromatic rings. The zero-order valence-electron chi connectivity index (χ0n) is 18.5. The highest BCUT2D eigenvalue weighted by Gasteiger charge is 2.34. The van der Waals surface area contributed by atoms with Crippen molar-refractivity contribution in [1.29, 1.82) is 0 Å². The molecule has 172 valence electrons. The summed E-state index contributed by atoms with van der Waals surface area (Å²) in [6.45, 7) is 3.88. The average Bonchev–Trinajstić information content (AvgIpc) is 3.08. The van der Waals surface area contributed by atoms with E-state index in [9.17, 15) is 9.59 Å². The van der Waals surface area contributed by atoms with Gasteiger partial charge in [-0.2, -0.15) is 0 Å². The molecule has 0 bridgehead atoms. The fraction of sp³-hybridized carbons (Fsp3) is 0.115. The highest BCUT2D eigenvalue weighted by Crippen LogP contribution is 2.37. The second kappa shape index (κ2) is 10.5. The van der Waals surface area contributed by atoms with E-state index in [0.717, 1.165) is 26.9 Å². The average molecular weight is 554 g/mol. The summed E-state index contributed by atoms with van der Waals surface area (Å²) in [6, 6.07) is 20.5. The molecule has 5 nitrogen and oxygen atoms in total. The van der Waals surface area contributed by atoms with Gasteiger partial charge >= 0.3 is 0 Å². The fourth-order valence-electron chi connectivity index (χ4n) is 3.42. The number of carbonyl (C=O) groups is 2. The first-order valence-electron chi connectivity index (χ1n) is 10.4. The van der Waals surface area contributed by atoms with Crippen LogP contribution in [0.4, 0.5) is 11.4 Å². The molecular weight excluding hydrogens is 532 g/mol. The van der Waals surface area contributed by atoms with Crippen LogP contribution in [0.5, 0.6) is 5.75 Å². The van der Waals surface area contributed by atoms with E-state index in [-0.39, 0.29) is 18.4 Å². The van der Waals surface area contributed by atoms with Crippen LogP contribution in [0.1, 0.15) is 16.7 Å². The Bertz CT molecular complexity index is 1290. The van der Waals surface area contributed by atoms with Crippen LogP contribution < -0.4 is 15.0 Å². The summed E-state index contributed by atoms with van der Waals surface area (Å²) in [4.78, 5) is 27.3. The third-order valence-corrected chi connectivity index (χ3v) is 6.89. The largest absolute Gasteiger partial charge is 0.484 e. The van der Waals surface area contributed by atoms with Crippen LogP contribution >= 0.6 is 39.9 Å². The van der Waals surface area contributed by atoms with E-state index in [2.05, 4.69) is 21.2 Å². The predicted octanol–water partition coefficient (Wildman–Crippen LogP) is 6.49. The zero-order chi connectivity index (χ0) is 24.2. The van der Waals surface area contributed by atoms with Crippen molar-refractivity contribution in [2.45, 2.75) is 13.8 Å². The van der Waals surface area contributed by atoms with Crippen LogP contribution in [0.15, 0.2) is 76.1 Å². The van der Waals surface area contributed by atoms with Gasteiger partial charge in [-0.05, 0) is 73.5 Å². The van der Waals surface area contributed by atoms with E-state index >= 15 is 0 Å². The van der Waals surface area contributed by atoms with Crippen molar-refractivity contribution in [1.82, 2.24) is 0 Å². The van der Waals surface area contributed by atoms with Crippen LogP contribution in [-0.4, -0.2) is 22.7 Å². The van der Waals surface area contributed by atoms with Crippen LogP contribution in [0, 0.1) is 13.8 Å². The summed E-state index contributed by atoms with van der Waals surface area (Å²) in [5.74, 6) is 0.180. The maximum atomic E-state index is 13.0. The van der Waals surface area contributed by atoms with Gasteiger partial charge in [-0.25, -0.2) is 0 Å². The number of aryl methyl sites for hydroxylation is 2. The number of benzene rings is 3. The number of thiocarbonyl (C=S) groups is 1. The monoisotopic (exact) mass is 552 g/mol. The molecule has 1 aliphatic heterocycles. The number of nitrogens with zero attached hydrogens (tertiary/aromatic N) is 1. The Labute approximate surface area is 216 Å². The predicted molar refractivity (Wildman–Crippen MR) is 146 cm³/mol. The first-order chi connectivity index (χ1) is 16.3. The van der Waals surface area contributed by atoms with Gasteiger partial charge in [0.25, 0.3) is 11.8 Å². The Balaban J connectivity index is 1.38. The second-order valence-electron chi connectivity index (χ2n) is 7.72. The number of rotatable bonds is 6. The van der Waals surface area contributed by atoms with Crippen LogP contribution in [0.25, 0.3) is 6.08 Å². The van der Waals surface area contributed by atoms with Gasteiger partial charge in [0, 0.05) is 10.2 Å². The molecule has 0 radical (unpaired) electrons. The molecule has 0 unspecified atom stereocenters. The molecule has 4 rings (SSSR count). The van der Waals surface area contributed by atoms with Crippen molar-refractivity contribution in [3.63, 3.8) is 0 Å². The Kier molecular flexibility index (Phi) is 7.50. The number of ether oxygens (including phenoxy) is 1. The lowest BCUT2D eigenvalue weighted by atomic mass is 10.1. The highest BCUT2D eigenvalue weighted by molar-refractivity contribution is 9.10. The third-order valence-electron chi connectivity index (χ3n) is 5.06. The minimum Gasteiger partial charge on any atom is -0.484 e. The first kappa shape index (κ1) is 24.2. The van der Waals surface area contributed by atoms with Gasteiger partial charge in [-0.3, -0.25) is 14.5 Å². The molecule has 1 N–H and O–H groups in total. The fourth-order valence-corrected chi connectivity index (χ4v) is 4.97. The first-order valence-corrected chi connectivity index (χ1v) is 12.5. The zero-order valence-corrected chi connectivity index (χ0v) is 21.7. The van der Waals surface area contributed by atoms with Gasteiger partial charge in [0.05, 0.1) is 10.6 Å². The molecule has 0 spiro atoms. The van der Waals surface area contributed by atoms with Crippen molar-refractivity contribution in [2.75, 3.05) is 16.8 Å².